The molecule has 0 spiro atoms. The topological polar surface area (TPSA) is 80.8 Å². The Morgan fingerprint density at radius 1 is 0.909 bits per heavy atom. The van der Waals surface area contributed by atoms with Crippen LogP contribution in [0.1, 0.15) is 41.4 Å². The Morgan fingerprint density at radius 3 is 1.95 bits per heavy atom. The van der Waals surface area contributed by atoms with Crippen LogP contribution in [0.5, 0.6) is 0 Å². The quantitative estimate of drug-likeness (QED) is 0.638. The number of hydroxylamine groups is 2. The van der Waals surface area contributed by atoms with E-state index in [0.29, 0.717) is 16.9 Å². The monoisotopic (exact) mass is 295 g/mol. The van der Waals surface area contributed by atoms with Crippen molar-refractivity contribution in [2.45, 2.75) is 0 Å². The molecule has 0 atom stereocenters. The highest BCUT2D eigenvalue weighted by atomic mass is 16.7. The van der Waals surface area contributed by atoms with Gasteiger partial charge in [0.15, 0.2) is 0 Å². The Hall–Kier alpha value is -3.28. The number of aldehydes is 1. The fourth-order valence-corrected chi connectivity index (χ4v) is 2.08. The van der Waals surface area contributed by atoms with E-state index in [0.717, 1.165) is 0 Å². The zero-order chi connectivity index (χ0) is 15.7. The second kappa shape index (κ2) is 5.25. The van der Waals surface area contributed by atoms with E-state index in [1.54, 1.807) is 12.1 Å². The zero-order valence-corrected chi connectivity index (χ0v) is 11.2. The van der Waals surface area contributed by atoms with Crippen molar-refractivity contribution in [1.29, 1.82) is 0 Å². The largest absolute Gasteiger partial charge is 0.363 e. The van der Waals surface area contributed by atoms with E-state index in [1.165, 1.54) is 36.4 Å². The molecule has 0 N–H and O–H groups in total. The van der Waals surface area contributed by atoms with Gasteiger partial charge in [0.1, 0.15) is 6.29 Å². The van der Waals surface area contributed by atoms with Gasteiger partial charge in [-0.15, -0.1) is 0 Å². The van der Waals surface area contributed by atoms with Gasteiger partial charge in [-0.1, -0.05) is 29.3 Å². The van der Waals surface area contributed by atoms with Gasteiger partial charge in [-0.05, 0) is 24.3 Å². The minimum atomic E-state index is -0.855. The van der Waals surface area contributed by atoms with Crippen LogP contribution in [0.2, 0.25) is 0 Å². The minimum Gasteiger partial charge on any atom is -0.324 e. The Labute approximate surface area is 124 Å². The first kappa shape index (κ1) is 13.7. The van der Waals surface area contributed by atoms with E-state index >= 15 is 0 Å². The lowest BCUT2D eigenvalue weighted by Gasteiger charge is -2.12. The first-order valence-corrected chi connectivity index (χ1v) is 6.37. The third-order valence-electron chi connectivity index (χ3n) is 3.21. The summed E-state index contributed by atoms with van der Waals surface area (Å²) in [5.74, 6) is -2.22. The van der Waals surface area contributed by atoms with E-state index < -0.39 is 17.8 Å². The van der Waals surface area contributed by atoms with E-state index in [4.69, 9.17) is 4.84 Å². The third kappa shape index (κ3) is 2.16. The molecule has 1 heterocycles. The molecule has 2 aromatic carbocycles. The van der Waals surface area contributed by atoms with Gasteiger partial charge in [-0.3, -0.25) is 14.4 Å². The van der Waals surface area contributed by atoms with Crippen LogP contribution in [-0.2, 0) is 4.84 Å². The van der Waals surface area contributed by atoms with Gasteiger partial charge in [0.25, 0.3) is 11.8 Å². The molecule has 1 aliphatic rings. The summed E-state index contributed by atoms with van der Waals surface area (Å²) in [4.78, 5) is 51.5. The second-order valence-electron chi connectivity index (χ2n) is 4.57. The lowest BCUT2D eigenvalue weighted by Crippen LogP contribution is -2.32. The standard InChI is InChI=1S/C16H9NO5/c18-9-10-5-7-11(8-6-10)16(21)22-17-14(19)12-3-1-2-4-13(12)15(17)20/h1-9H. The van der Waals surface area contributed by atoms with Crippen molar-refractivity contribution in [1.82, 2.24) is 5.06 Å². The number of hydrogen-bond acceptors (Lipinski definition) is 5. The van der Waals surface area contributed by atoms with Gasteiger partial charge in [0.2, 0.25) is 0 Å². The maximum atomic E-state index is 12.1. The van der Waals surface area contributed by atoms with Crippen LogP contribution < -0.4 is 0 Å². The average Bonchev–Trinajstić information content (AvgIpc) is 2.80. The minimum absolute atomic E-state index is 0.127. The first-order chi connectivity index (χ1) is 10.6. The Bertz CT molecular complexity index is 759. The fraction of sp³-hybridized carbons (Fsp3) is 0. The summed E-state index contributed by atoms with van der Waals surface area (Å²) in [6, 6.07) is 11.8. The van der Waals surface area contributed by atoms with Crippen molar-refractivity contribution in [2.75, 3.05) is 0 Å². The molecule has 6 heteroatoms. The van der Waals surface area contributed by atoms with Crippen LogP contribution in [0, 0.1) is 0 Å². The molecule has 0 radical (unpaired) electrons. The molecule has 1 aliphatic heterocycles. The maximum absolute atomic E-state index is 12.1. The number of carbonyl (C=O) groups excluding carboxylic acids is 4. The summed E-state index contributed by atoms with van der Waals surface area (Å²) in [5, 5.41) is 0.445. The number of imide groups is 1. The van der Waals surface area contributed by atoms with E-state index in [2.05, 4.69) is 0 Å². The van der Waals surface area contributed by atoms with Gasteiger partial charge >= 0.3 is 5.97 Å². The van der Waals surface area contributed by atoms with Gasteiger partial charge in [0, 0.05) is 5.56 Å². The molecular weight excluding hydrogens is 286 g/mol. The second-order valence-corrected chi connectivity index (χ2v) is 4.57. The number of nitrogens with zero attached hydrogens (tertiary/aromatic N) is 1. The van der Waals surface area contributed by atoms with E-state index in [9.17, 15) is 19.2 Å². The van der Waals surface area contributed by atoms with Crippen LogP contribution in [0.4, 0.5) is 0 Å². The molecule has 2 aromatic rings. The molecule has 22 heavy (non-hydrogen) atoms. The van der Waals surface area contributed by atoms with Crippen molar-refractivity contribution in [3.63, 3.8) is 0 Å². The molecule has 0 aromatic heterocycles. The summed E-state index contributed by atoms with van der Waals surface area (Å²) in [7, 11) is 0. The molecule has 0 saturated heterocycles. The molecular formula is C16H9NO5. The summed E-state index contributed by atoms with van der Waals surface area (Å²) in [5.41, 5.74) is 0.910. The molecule has 108 valence electrons. The van der Waals surface area contributed by atoms with Gasteiger partial charge in [-0.25, -0.2) is 4.79 Å². The molecule has 0 unspecified atom stereocenters. The molecule has 0 bridgehead atoms. The van der Waals surface area contributed by atoms with Crippen molar-refractivity contribution in [2.24, 2.45) is 0 Å². The van der Waals surface area contributed by atoms with Gasteiger partial charge in [-0.2, -0.15) is 0 Å². The number of fused-ring (bicyclic) bond motifs is 1. The van der Waals surface area contributed by atoms with Crippen LogP contribution in [0.25, 0.3) is 0 Å². The van der Waals surface area contributed by atoms with Gasteiger partial charge < -0.3 is 4.84 Å². The summed E-state index contributed by atoms with van der Waals surface area (Å²) >= 11 is 0. The van der Waals surface area contributed by atoms with E-state index in [1.807, 2.05) is 0 Å². The average molecular weight is 295 g/mol. The smallest absolute Gasteiger partial charge is 0.324 e. The fourth-order valence-electron chi connectivity index (χ4n) is 2.08. The Balaban J connectivity index is 1.82. The lowest BCUT2D eigenvalue weighted by atomic mass is 10.1. The number of carbonyl (C=O) groups is 4. The van der Waals surface area contributed by atoms with E-state index in [-0.39, 0.29) is 16.7 Å². The molecule has 0 fully saturated rings. The van der Waals surface area contributed by atoms with Crippen LogP contribution in [0.15, 0.2) is 48.5 Å². The number of amides is 2. The number of benzene rings is 2. The first-order valence-electron chi connectivity index (χ1n) is 6.37. The highest BCUT2D eigenvalue weighted by Crippen LogP contribution is 2.23. The van der Waals surface area contributed by atoms with Crippen LogP contribution >= 0.6 is 0 Å². The Kier molecular flexibility index (Phi) is 3.27. The highest BCUT2D eigenvalue weighted by molar-refractivity contribution is 6.21. The number of rotatable bonds is 3. The van der Waals surface area contributed by atoms with Crippen LogP contribution in [0.3, 0.4) is 0 Å². The van der Waals surface area contributed by atoms with Gasteiger partial charge in [0.05, 0.1) is 16.7 Å². The molecule has 0 aliphatic carbocycles. The molecule has 2 amide bonds. The molecule has 3 rings (SSSR count). The Morgan fingerprint density at radius 2 is 1.45 bits per heavy atom. The predicted molar refractivity (Wildman–Crippen MR) is 74.2 cm³/mol. The third-order valence-corrected chi connectivity index (χ3v) is 3.21. The zero-order valence-electron chi connectivity index (χ0n) is 11.2. The maximum Gasteiger partial charge on any atom is 0.363 e. The number of hydrogen-bond donors (Lipinski definition) is 0. The molecule has 6 nitrogen and oxygen atoms in total. The SMILES string of the molecule is O=Cc1ccc(C(=O)ON2C(=O)c3ccccc3C2=O)cc1. The van der Waals surface area contributed by atoms with Crippen LogP contribution in [-0.4, -0.2) is 29.1 Å². The van der Waals surface area contributed by atoms with Crippen molar-refractivity contribution in [3.05, 3.63) is 70.8 Å². The summed E-state index contributed by atoms with van der Waals surface area (Å²) < 4.78 is 0. The van der Waals surface area contributed by atoms with Crippen molar-refractivity contribution >= 4 is 24.1 Å². The predicted octanol–water partition coefficient (Wildman–Crippen LogP) is 1.87. The summed E-state index contributed by atoms with van der Waals surface area (Å²) in [6.07, 6.45) is 0.638. The van der Waals surface area contributed by atoms with Crippen molar-refractivity contribution in [3.8, 4) is 0 Å². The summed E-state index contributed by atoms with van der Waals surface area (Å²) in [6.45, 7) is 0. The normalized spacial score (nSPS) is 13.0. The lowest BCUT2D eigenvalue weighted by molar-refractivity contribution is -0.0584. The highest BCUT2D eigenvalue weighted by Gasteiger charge is 2.38. The van der Waals surface area contributed by atoms with Crippen molar-refractivity contribution < 1.29 is 24.0 Å². The molecule has 0 saturated carbocycles.